The third-order valence-corrected chi connectivity index (χ3v) is 5.64. The molecule has 1 saturated carbocycles. The smallest absolute Gasteiger partial charge is 0.228 e. The van der Waals surface area contributed by atoms with E-state index in [1.807, 2.05) is 17.0 Å². The molecule has 2 aromatic carbocycles. The van der Waals surface area contributed by atoms with Crippen molar-refractivity contribution in [3.05, 3.63) is 63.6 Å². The van der Waals surface area contributed by atoms with Gasteiger partial charge in [0, 0.05) is 18.1 Å². The third-order valence-electron chi connectivity index (χ3n) is 5.07. The second-order valence-corrected chi connectivity index (χ2v) is 7.68. The zero-order valence-corrected chi connectivity index (χ0v) is 15.6. The average Bonchev–Trinajstić information content (AvgIpc) is 3.44. The number of rotatable bonds is 3. The van der Waals surface area contributed by atoms with E-state index in [2.05, 4.69) is 17.4 Å². The average molecular weight is 389 g/mol. The quantitative estimate of drug-likeness (QED) is 0.858. The van der Waals surface area contributed by atoms with Crippen molar-refractivity contribution in [2.75, 3.05) is 11.9 Å². The number of nitrogens with zero attached hydrogens (tertiary/aromatic N) is 1. The number of fused-ring (bicyclic) bond motifs is 1. The van der Waals surface area contributed by atoms with Gasteiger partial charge in [-0.2, -0.15) is 0 Å². The van der Waals surface area contributed by atoms with Gasteiger partial charge in [0.25, 0.3) is 0 Å². The van der Waals surface area contributed by atoms with Crippen molar-refractivity contribution in [3.63, 3.8) is 0 Å². The fraction of sp³-hybridized carbons (Fsp3) is 0.300. The Morgan fingerprint density at radius 2 is 1.81 bits per heavy atom. The topological polar surface area (TPSA) is 49.4 Å². The molecule has 1 aliphatic carbocycles. The van der Waals surface area contributed by atoms with Crippen LogP contribution in [0.2, 0.25) is 10.0 Å². The molecule has 4 rings (SSSR count). The Labute approximate surface area is 162 Å². The van der Waals surface area contributed by atoms with E-state index >= 15 is 0 Å². The van der Waals surface area contributed by atoms with Crippen LogP contribution in [0.15, 0.2) is 42.5 Å². The zero-order valence-electron chi connectivity index (χ0n) is 14.0. The fourth-order valence-corrected chi connectivity index (χ4v) is 3.83. The Balaban J connectivity index is 1.38. The van der Waals surface area contributed by atoms with Crippen LogP contribution in [-0.4, -0.2) is 23.3 Å². The summed E-state index contributed by atoms with van der Waals surface area (Å²) >= 11 is 12.0. The van der Waals surface area contributed by atoms with Crippen molar-refractivity contribution < 1.29 is 9.59 Å². The van der Waals surface area contributed by atoms with E-state index in [0.29, 0.717) is 35.2 Å². The first-order chi connectivity index (χ1) is 12.5. The van der Waals surface area contributed by atoms with Crippen molar-refractivity contribution in [1.29, 1.82) is 0 Å². The number of hydrogen-bond acceptors (Lipinski definition) is 2. The maximum atomic E-state index is 12.8. The second kappa shape index (κ2) is 6.93. The van der Waals surface area contributed by atoms with Gasteiger partial charge in [-0.15, -0.1) is 0 Å². The molecule has 134 valence electrons. The minimum absolute atomic E-state index is 0.0665. The summed E-state index contributed by atoms with van der Waals surface area (Å²) in [7, 11) is 0. The van der Waals surface area contributed by atoms with Crippen molar-refractivity contribution in [1.82, 2.24) is 4.90 Å². The van der Waals surface area contributed by atoms with Crippen LogP contribution in [-0.2, 0) is 22.6 Å². The van der Waals surface area contributed by atoms with Crippen LogP contribution in [0.25, 0.3) is 0 Å². The van der Waals surface area contributed by atoms with Crippen molar-refractivity contribution >= 4 is 40.7 Å². The van der Waals surface area contributed by atoms with Gasteiger partial charge in [0.15, 0.2) is 0 Å². The van der Waals surface area contributed by atoms with Crippen molar-refractivity contribution in [2.45, 2.75) is 19.4 Å². The number of nitrogens with one attached hydrogen (secondary N) is 1. The Kier molecular flexibility index (Phi) is 4.63. The third kappa shape index (κ3) is 3.44. The van der Waals surface area contributed by atoms with Crippen LogP contribution in [0.3, 0.4) is 0 Å². The number of amides is 2. The van der Waals surface area contributed by atoms with E-state index in [9.17, 15) is 9.59 Å². The van der Waals surface area contributed by atoms with E-state index in [-0.39, 0.29) is 23.7 Å². The summed E-state index contributed by atoms with van der Waals surface area (Å²) in [6.07, 6.45) is 1.45. The maximum Gasteiger partial charge on any atom is 0.228 e. The monoisotopic (exact) mass is 388 g/mol. The van der Waals surface area contributed by atoms with Gasteiger partial charge in [-0.05, 0) is 42.2 Å². The molecule has 2 aliphatic rings. The molecule has 26 heavy (non-hydrogen) atoms. The molecule has 6 heteroatoms. The van der Waals surface area contributed by atoms with Crippen LogP contribution in [0.4, 0.5) is 5.69 Å². The lowest BCUT2D eigenvalue weighted by Crippen LogP contribution is -2.37. The van der Waals surface area contributed by atoms with Gasteiger partial charge in [-0.3, -0.25) is 9.59 Å². The molecule has 0 bridgehead atoms. The van der Waals surface area contributed by atoms with Crippen LogP contribution in [0.1, 0.15) is 17.5 Å². The van der Waals surface area contributed by atoms with Gasteiger partial charge in [-0.25, -0.2) is 0 Å². The standard InChI is InChI=1S/C20H18Cl2N2O2/c21-14-5-6-17(22)18(9-14)23-19(25)15-10-16(15)20(26)24-8-7-12-3-1-2-4-13(12)11-24/h1-6,9,15-16H,7-8,10-11H2,(H,23,25). The minimum atomic E-state index is -0.297. The van der Waals surface area contributed by atoms with E-state index in [4.69, 9.17) is 23.2 Å². The molecule has 1 heterocycles. The summed E-state index contributed by atoms with van der Waals surface area (Å²) in [5, 5.41) is 3.72. The van der Waals surface area contributed by atoms with Gasteiger partial charge in [0.2, 0.25) is 11.8 Å². The first-order valence-electron chi connectivity index (χ1n) is 8.64. The lowest BCUT2D eigenvalue weighted by Gasteiger charge is -2.29. The molecule has 2 atom stereocenters. The highest BCUT2D eigenvalue weighted by Gasteiger charge is 2.49. The Morgan fingerprint density at radius 3 is 2.62 bits per heavy atom. The van der Waals surface area contributed by atoms with Gasteiger partial charge in [0.1, 0.15) is 0 Å². The maximum absolute atomic E-state index is 12.8. The Hall–Kier alpha value is -2.04. The number of anilines is 1. The molecule has 2 unspecified atom stereocenters. The molecular weight excluding hydrogens is 371 g/mol. The molecule has 2 aromatic rings. The first kappa shape index (κ1) is 17.4. The Morgan fingerprint density at radius 1 is 1.04 bits per heavy atom. The highest BCUT2D eigenvalue weighted by Crippen LogP contribution is 2.42. The lowest BCUT2D eigenvalue weighted by molar-refractivity contribution is -0.135. The van der Waals surface area contributed by atoms with E-state index in [1.54, 1.807) is 18.2 Å². The van der Waals surface area contributed by atoms with Crippen LogP contribution in [0.5, 0.6) is 0 Å². The molecule has 0 radical (unpaired) electrons. The molecule has 4 nitrogen and oxygen atoms in total. The van der Waals surface area contributed by atoms with Crippen molar-refractivity contribution in [3.8, 4) is 0 Å². The lowest BCUT2D eigenvalue weighted by atomic mass is 9.99. The molecule has 1 fully saturated rings. The first-order valence-corrected chi connectivity index (χ1v) is 9.40. The van der Waals surface area contributed by atoms with E-state index in [0.717, 1.165) is 6.42 Å². The predicted octanol–water partition coefficient (Wildman–Crippen LogP) is 4.15. The molecule has 0 saturated heterocycles. The van der Waals surface area contributed by atoms with E-state index in [1.165, 1.54) is 11.1 Å². The zero-order chi connectivity index (χ0) is 18.3. The molecule has 0 spiro atoms. The van der Waals surface area contributed by atoms with E-state index < -0.39 is 0 Å². The van der Waals surface area contributed by atoms with Crippen LogP contribution < -0.4 is 5.32 Å². The summed E-state index contributed by atoms with van der Waals surface area (Å²) in [4.78, 5) is 27.1. The minimum Gasteiger partial charge on any atom is -0.338 e. The Bertz CT molecular complexity index is 884. The van der Waals surface area contributed by atoms with Crippen LogP contribution >= 0.6 is 23.2 Å². The molecule has 1 N–H and O–H groups in total. The molecule has 0 aromatic heterocycles. The fourth-order valence-electron chi connectivity index (χ4n) is 3.49. The summed E-state index contributed by atoms with van der Waals surface area (Å²) in [5.41, 5.74) is 2.98. The number of halogens is 2. The molecule has 1 aliphatic heterocycles. The van der Waals surface area contributed by atoms with Gasteiger partial charge >= 0.3 is 0 Å². The van der Waals surface area contributed by atoms with Gasteiger partial charge in [-0.1, -0.05) is 47.5 Å². The largest absolute Gasteiger partial charge is 0.338 e. The number of hydrogen-bond donors (Lipinski definition) is 1. The highest BCUT2D eigenvalue weighted by atomic mass is 35.5. The van der Waals surface area contributed by atoms with Gasteiger partial charge < -0.3 is 10.2 Å². The van der Waals surface area contributed by atoms with Gasteiger partial charge in [0.05, 0.1) is 22.5 Å². The summed E-state index contributed by atoms with van der Waals surface area (Å²) < 4.78 is 0. The molecule has 2 amide bonds. The number of benzene rings is 2. The normalized spacial score (nSPS) is 21.1. The SMILES string of the molecule is O=C(Nc1cc(Cl)ccc1Cl)C1CC1C(=O)N1CCc2ccccc2C1. The second-order valence-electron chi connectivity index (χ2n) is 6.84. The highest BCUT2D eigenvalue weighted by molar-refractivity contribution is 6.35. The summed E-state index contributed by atoms with van der Waals surface area (Å²) in [6, 6.07) is 13.1. The van der Waals surface area contributed by atoms with Crippen LogP contribution in [0, 0.1) is 11.8 Å². The number of carbonyl (C=O) groups excluding carboxylic acids is 2. The predicted molar refractivity (Wildman–Crippen MR) is 102 cm³/mol. The summed E-state index contributed by atoms with van der Waals surface area (Å²) in [5.74, 6) is -0.644. The summed E-state index contributed by atoms with van der Waals surface area (Å²) in [6.45, 7) is 1.33. The number of carbonyl (C=O) groups is 2. The van der Waals surface area contributed by atoms with Crippen molar-refractivity contribution in [2.24, 2.45) is 11.8 Å². The molecular formula is C20H18Cl2N2O2.